The van der Waals surface area contributed by atoms with E-state index < -0.39 is 0 Å². The molecule has 13 nitrogen and oxygen atoms in total. The molecule has 3 aliphatic rings. The molecule has 6 rings (SSSR count). The Morgan fingerprint density at radius 3 is 1.50 bits per heavy atom. The van der Waals surface area contributed by atoms with Gasteiger partial charge in [0.05, 0.1) is 9.85 Å². The van der Waals surface area contributed by atoms with E-state index in [4.69, 9.17) is 5.73 Å². The first kappa shape index (κ1) is 45.3. The summed E-state index contributed by atoms with van der Waals surface area (Å²) in [6.45, 7) is 13.5. The fraction of sp³-hybridized carbons (Fsp3) is 0.475. The number of nitrogen functional groups attached to an aromatic ring is 1. The third kappa shape index (κ3) is 12.6. The van der Waals surface area contributed by atoms with Gasteiger partial charge in [0.15, 0.2) is 0 Å². The van der Waals surface area contributed by atoms with Gasteiger partial charge in [-0.15, -0.1) is 0 Å². The van der Waals surface area contributed by atoms with E-state index in [9.17, 15) is 34.6 Å². The zero-order valence-electron chi connectivity index (χ0n) is 31.6. The molecule has 3 saturated heterocycles. The Morgan fingerprint density at radius 2 is 1.07 bits per heavy atom. The Balaban J connectivity index is 0.000000378. The molecule has 0 unspecified atom stereocenters. The molecule has 0 bridgehead atoms. The standard InChI is InChI=1S/C13H16N2O3.C13H18N2O.C8H8BrNO2.C5H9NO.CH4.H2/c1-9-8-12(15(17)18)10(2)7-11(9)14-6-4-3-5-13(14)16;1-9-8-12(10(2)7-11(9)14)15-6-4-3-5-13(15)16;1-5-4-8(10(11)12)6(2)3-7(5)9;7-5-3-1-2-4-6-5;;/h7-8H,3-6H2,1-2H3;7-8H,3-6,14H2,1-2H3;3-4H,1-2H3;1-4H2,(H,6,7);1H4;1H. The highest BCUT2D eigenvalue weighted by Gasteiger charge is 2.24. The second kappa shape index (κ2) is 21.1. The number of anilines is 3. The number of hydrogen-bond donors (Lipinski definition) is 2. The molecule has 0 spiro atoms. The molecule has 0 radical (unpaired) electrons. The van der Waals surface area contributed by atoms with Gasteiger partial charge in [-0.3, -0.25) is 34.6 Å². The third-order valence-electron chi connectivity index (χ3n) is 9.35. The molecule has 3 aliphatic heterocycles. The Hall–Kier alpha value is -4.85. The summed E-state index contributed by atoms with van der Waals surface area (Å²) in [4.78, 5) is 58.3. The van der Waals surface area contributed by atoms with Gasteiger partial charge in [0.2, 0.25) is 17.7 Å². The highest BCUT2D eigenvalue weighted by Crippen LogP contribution is 2.31. The van der Waals surface area contributed by atoms with Crippen molar-refractivity contribution in [3.8, 4) is 0 Å². The van der Waals surface area contributed by atoms with Crippen molar-refractivity contribution in [1.29, 1.82) is 0 Å². The molecule has 0 aliphatic carbocycles. The Labute approximate surface area is 328 Å². The normalized spacial score (nSPS) is 15.2. The van der Waals surface area contributed by atoms with E-state index in [1.54, 1.807) is 43.0 Å². The number of hydrogen-bond acceptors (Lipinski definition) is 8. The molecule has 3 fully saturated rings. The minimum atomic E-state index is -0.385. The van der Waals surface area contributed by atoms with Gasteiger partial charge in [-0.1, -0.05) is 23.4 Å². The van der Waals surface area contributed by atoms with Gasteiger partial charge in [0, 0.05) is 85.1 Å². The predicted molar refractivity (Wildman–Crippen MR) is 221 cm³/mol. The molecule has 3 N–H and O–H groups in total. The number of nitrogens with one attached hydrogen (secondary N) is 1. The van der Waals surface area contributed by atoms with Crippen LogP contribution < -0.4 is 20.9 Å². The van der Waals surface area contributed by atoms with E-state index in [1.807, 2.05) is 44.7 Å². The van der Waals surface area contributed by atoms with Crippen molar-refractivity contribution >= 4 is 62.1 Å². The molecule has 0 aromatic heterocycles. The number of carbonyl (C=O) groups excluding carboxylic acids is 3. The molecule has 296 valence electrons. The second-order valence-corrected chi connectivity index (χ2v) is 14.5. The van der Waals surface area contributed by atoms with Crippen molar-refractivity contribution in [3.63, 3.8) is 0 Å². The maximum atomic E-state index is 11.9. The maximum Gasteiger partial charge on any atom is 0.272 e. The quantitative estimate of drug-likeness (QED) is 0.148. The summed E-state index contributed by atoms with van der Waals surface area (Å²) in [6.07, 6.45) is 8.23. The minimum absolute atomic E-state index is 0. The summed E-state index contributed by atoms with van der Waals surface area (Å²) in [7, 11) is 0. The van der Waals surface area contributed by atoms with E-state index >= 15 is 0 Å². The fourth-order valence-corrected chi connectivity index (χ4v) is 6.66. The van der Waals surface area contributed by atoms with Crippen molar-refractivity contribution < 1.29 is 25.7 Å². The number of nitrogens with two attached hydrogens (primary N) is 1. The first-order chi connectivity index (χ1) is 25.0. The number of aryl methyl sites for hydroxylation is 6. The number of nitro groups is 2. The summed E-state index contributed by atoms with van der Waals surface area (Å²) >= 11 is 3.31. The van der Waals surface area contributed by atoms with Crippen molar-refractivity contribution in [2.75, 3.05) is 35.2 Å². The summed E-state index contributed by atoms with van der Waals surface area (Å²) in [5.74, 6) is 0.558. The monoisotopic (exact) mass is 812 g/mol. The predicted octanol–water partition coefficient (Wildman–Crippen LogP) is 9.27. The molecular formula is C40H57BrN6O7. The van der Waals surface area contributed by atoms with Crippen LogP contribution in [0.5, 0.6) is 0 Å². The van der Waals surface area contributed by atoms with Crippen LogP contribution in [0, 0.1) is 61.8 Å². The lowest BCUT2D eigenvalue weighted by molar-refractivity contribution is -0.385. The average Bonchev–Trinajstić information content (AvgIpc) is 3.10. The molecule has 54 heavy (non-hydrogen) atoms. The summed E-state index contributed by atoms with van der Waals surface area (Å²) < 4.78 is 0.908. The van der Waals surface area contributed by atoms with E-state index in [0.29, 0.717) is 30.5 Å². The second-order valence-electron chi connectivity index (χ2n) is 13.6. The summed E-state index contributed by atoms with van der Waals surface area (Å²) in [5, 5.41) is 24.1. The zero-order chi connectivity index (χ0) is 39.4. The van der Waals surface area contributed by atoms with Gasteiger partial charge < -0.3 is 20.9 Å². The van der Waals surface area contributed by atoms with Gasteiger partial charge in [-0.05, 0) is 127 Å². The SMILES string of the molecule is C.Cc1cc(N2CCCCC2=O)c(C)cc1N.Cc1cc([N+](=O)[O-])c(C)cc1Br.Cc1cc([N+](=O)[O-])c(C)cc1N1CCCCC1=O.O=C1CCCCN1.[HH]. The first-order valence-electron chi connectivity index (χ1n) is 17.9. The highest BCUT2D eigenvalue weighted by atomic mass is 79.9. The van der Waals surface area contributed by atoms with Crippen LogP contribution >= 0.6 is 15.9 Å². The zero-order valence-corrected chi connectivity index (χ0v) is 33.1. The Bertz CT molecular complexity index is 1850. The Morgan fingerprint density at radius 1 is 0.630 bits per heavy atom. The molecule has 3 amide bonds. The highest BCUT2D eigenvalue weighted by molar-refractivity contribution is 9.10. The lowest BCUT2D eigenvalue weighted by atomic mass is 10.0. The smallest absolute Gasteiger partial charge is 0.272 e. The number of nitro benzene ring substituents is 2. The van der Waals surface area contributed by atoms with Gasteiger partial charge >= 0.3 is 0 Å². The van der Waals surface area contributed by atoms with Gasteiger partial charge in [0.1, 0.15) is 0 Å². The average molecular weight is 814 g/mol. The van der Waals surface area contributed by atoms with Crippen molar-refractivity contribution in [2.24, 2.45) is 0 Å². The topological polar surface area (TPSA) is 182 Å². The number of amides is 3. The van der Waals surface area contributed by atoms with Crippen molar-refractivity contribution in [1.82, 2.24) is 5.32 Å². The maximum absolute atomic E-state index is 11.9. The number of nitrogens with zero attached hydrogens (tertiary/aromatic N) is 4. The molecular weight excluding hydrogens is 756 g/mol. The van der Waals surface area contributed by atoms with E-state index in [2.05, 4.69) is 21.2 Å². The van der Waals surface area contributed by atoms with Gasteiger partial charge in [0.25, 0.3) is 11.4 Å². The number of halogens is 1. The number of rotatable bonds is 4. The van der Waals surface area contributed by atoms with Crippen molar-refractivity contribution in [3.05, 3.63) is 94.5 Å². The minimum Gasteiger partial charge on any atom is -0.399 e. The van der Waals surface area contributed by atoms with E-state index in [1.165, 1.54) is 0 Å². The van der Waals surface area contributed by atoms with Crippen LogP contribution in [0.4, 0.5) is 28.4 Å². The number of piperidine rings is 3. The lowest BCUT2D eigenvalue weighted by Crippen LogP contribution is -2.35. The van der Waals surface area contributed by atoms with E-state index in [0.717, 1.165) is 102 Å². The molecule has 3 aromatic carbocycles. The molecule has 0 atom stereocenters. The first-order valence-corrected chi connectivity index (χ1v) is 18.7. The third-order valence-corrected chi connectivity index (χ3v) is 10.2. The fourth-order valence-electron chi connectivity index (χ4n) is 6.20. The number of carbonyl (C=O) groups is 3. The van der Waals surface area contributed by atoms with Crippen LogP contribution in [-0.4, -0.2) is 47.2 Å². The summed E-state index contributed by atoms with van der Waals surface area (Å²) in [5.41, 5.74) is 13.8. The lowest BCUT2D eigenvalue weighted by Gasteiger charge is -2.28. The van der Waals surface area contributed by atoms with Crippen LogP contribution in [0.1, 0.15) is 100 Å². The van der Waals surface area contributed by atoms with Crippen LogP contribution in [0.25, 0.3) is 0 Å². The molecule has 14 heteroatoms. The van der Waals surface area contributed by atoms with Crippen molar-refractivity contribution in [2.45, 2.75) is 107 Å². The van der Waals surface area contributed by atoms with Crippen LogP contribution in [-0.2, 0) is 14.4 Å². The molecule has 0 saturated carbocycles. The van der Waals surface area contributed by atoms with Gasteiger partial charge in [-0.2, -0.15) is 0 Å². The van der Waals surface area contributed by atoms with Gasteiger partial charge in [-0.25, -0.2) is 0 Å². The van der Waals surface area contributed by atoms with Crippen LogP contribution in [0.2, 0.25) is 0 Å². The van der Waals surface area contributed by atoms with Crippen LogP contribution in [0.3, 0.4) is 0 Å². The molecule has 3 aromatic rings. The Kier molecular flexibility index (Phi) is 17.7. The molecule has 3 heterocycles. The van der Waals surface area contributed by atoms with Crippen LogP contribution in [0.15, 0.2) is 40.9 Å². The largest absolute Gasteiger partial charge is 0.399 e. The number of benzene rings is 3. The summed E-state index contributed by atoms with van der Waals surface area (Å²) in [6, 6.07) is 10.6. The van der Waals surface area contributed by atoms with E-state index in [-0.39, 0.29) is 47.8 Å².